The summed E-state index contributed by atoms with van der Waals surface area (Å²) in [4.78, 5) is 8.80. The number of hydrogen-bond acceptors (Lipinski definition) is 3. The van der Waals surface area contributed by atoms with Crippen molar-refractivity contribution in [2.45, 2.75) is 39.5 Å². The quantitative estimate of drug-likeness (QED) is 0.713. The summed E-state index contributed by atoms with van der Waals surface area (Å²) in [6.07, 6.45) is 1.86. The molecular formula is C16H19BrN2O. The topological polar surface area (TPSA) is 35.0 Å². The van der Waals surface area contributed by atoms with E-state index >= 15 is 0 Å². The van der Waals surface area contributed by atoms with Gasteiger partial charge in [0.2, 0.25) is 5.88 Å². The molecule has 2 aromatic rings. The van der Waals surface area contributed by atoms with Gasteiger partial charge in [0, 0.05) is 12.5 Å². The van der Waals surface area contributed by atoms with Crippen molar-refractivity contribution >= 4 is 15.9 Å². The summed E-state index contributed by atoms with van der Waals surface area (Å²) in [7, 11) is 0. The number of hydrogen-bond donors (Lipinski definition) is 0. The predicted octanol–water partition coefficient (Wildman–Crippen LogP) is 5.11. The predicted molar refractivity (Wildman–Crippen MR) is 84.3 cm³/mol. The molecule has 0 amide bonds. The molecule has 0 atom stereocenters. The normalized spacial score (nSPS) is 10.8. The molecule has 0 fully saturated rings. The fourth-order valence-electron chi connectivity index (χ4n) is 1.99. The lowest BCUT2D eigenvalue weighted by Gasteiger charge is -2.13. The standard InChI is InChI=1S/C16H19BrN2O/c1-4-7-15-18-14(17)10-16(19-15)20-13-9-6-5-8-12(13)11(2)3/h5-6,8-11H,4,7H2,1-3H3. The van der Waals surface area contributed by atoms with Gasteiger partial charge in [-0.3, -0.25) is 0 Å². The molecule has 0 radical (unpaired) electrons. The summed E-state index contributed by atoms with van der Waals surface area (Å²) >= 11 is 3.41. The molecule has 1 aromatic carbocycles. The number of aromatic nitrogens is 2. The van der Waals surface area contributed by atoms with E-state index in [9.17, 15) is 0 Å². The van der Waals surface area contributed by atoms with Gasteiger partial charge in [-0.05, 0) is 39.9 Å². The first kappa shape index (κ1) is 15.0. The first-order valence-electron chi connectivity index (χ1n) is 6.90. The summed E-state index contributed by atoms with van der Waals surface area (Å²) in [5.74, 6) is 2.66. The first-order valence-corrected chi connectivity index (χ1v) is 7.69. The van der Waals surface area contributed by atoms with Crippen LogP contribution in [0.1, 0.15) is 44.5 Å². The minimum absolute atomic E-state index is 0.409. The van der Waals surface area contributed by atoms with Gasteiger partial charge in [-0.1, -0.05) is 39.0 Å². The minimum atomic E-state index is 0.409. The van der Waals surface area contributed by atoms with Crippen molar-refractivity contribution in [3.63, 3.8) is 0 Å². The molecule has 0 aliphatic heterocycles. The number of aryl methyl sites for hydroxylation is 1. The Morgan fingerprint density at radius 3 is 2.65 bits per heavy atom. The average molecular weight is 335 g/mol. The van der Waals surface area contributed by atoms with E-state index in [1.165, 1.54) is 5.56 Å². The molecule has 0 saturated carbocycles. The van der Waals surface area contributed by atoms with Crippen LogP contribution in [0, 0.1) is 0 Å². The van der Waals surface area contributed by atoms with Gasteiger partial charge in [-0.25, -0.2) is 4.98 Å². The zero-order valence-electron chi connectivity index (χ0n) is 12.1. The van der Waals surface area contributed by atoms with Crippen molar-refractivity contribution in [2.24, 2.45) is 0 Å². The maximum atomic E-state index is 5.96. The van der Waals surface area contributed by atoms with Gasteiger partial charge in [0.1, 0.15) is 16.2 Å². The van der Waals surface area contributed by atoms with Crippen molar-refractivity contribution in [3.05, 3.63) is 46.3 Å². The number of ether oxygens (including phenoxy) is 1. The van der Waals surface area contributed by atoms with Gasteiger partial charge >= 0.3 is 0 Å². The van der Waals surface area contributed by atoms with Crippen LogP contribution >= 0.6 is 15.9 Å². The smallest absolute Gasteiger partial charge is 0.223 e. The lowest BCUT2D eigenvalue weighted by atomic mass is 10.0. The first-order chi connectivity index (χ1) is 9.60. The van der Waals surface area contributed by atoms with Crippen molar-refractivity contribution in [3.8, 4) is 11.6 Å². The number of rotatable bonds is 5. The molecule has 0 saturated heterocycles. The van der Waals surface area contributed by atoms with Gasteiger partial charge in [0.15, 0.2) is 0 Å². The maximum absolute atomic E-state index is 5.96. The number of para-hydroxylation sites is 1. The molecule has 2 rings (SSSR count). The summed E-state index contributed by atoms with van der Waals surface area (Å²) in [6.45, 7) is 6.42. The highest BCUT2D eigenvalue weighted by Crippen LogP contribution is 2.30. The second kappa shape index (κ2) is 6.84. The van der Waals surface area contributed by atoms with Crippen LogP contribution in [0.2, 0.25) is 0 Å². The highest BCUT2D eigenvalue weighted by atomic mass is 79.9. The van der Waals surface area contributed by atoms with Gasteiger partial charge < -0.3 is 4.74 Å². The zero-order valence-corrected chi connectivity index (χ0v) is 13.6. The zero-order chi connectivity index (χ0) is 14.5. The Hall–Kier alpha value is -1.42. The van der Waals surface area contributed by atoms with E-state index in [1.54, 1.807) is 6.07 Å². The number of benzene rings is 1. The van der Waals surface area contributed by atoms with Gasteiger partial charge in [-0.15, -0.1) is 0 Å². The molecule has 0 N–H and O–H groups in total. The third-order valence-electron chi connectivity index (χ3n) is 2.95. The Balaban J connectivity index is 2.30. The molecule has 4 heteroatoms. The van der Waals surface area contributed by atoms with Crippen LogP contribution < -0.4 is 4.74 Å². The summed E-state index contributed by atoms with van der Waals surface area (Å²) in [6, 6.07) is 9.87. The van der Waals surface area contributed by atoms with E-state index in [4.69, 9.17) is 4.74 Å². The molecule has 0 unspecified atom stereocenters. The number of halogens is 1. The molecule has 3 nitrogen and oxygen atoms in total. The van der Waals surface area contributed by atoms with Crippen molar-refractivity contribution in [1.82, 2.24) is 9.97 Å². The van der Waals surface area contributed by atoms with Crippen LogP contribution in [0.3, 0.4) is 0 Å². The Morgan fingerprint density at radius 1 is 1.20 bits per heavy atom. The van der Waals surface area contributed by atoms with Gasteiger partial charge in [-0.2, -0.15) is 4.98 Å². The van der Waals surface area contributed by atoms with Crippen molar-refractivity contribution < 1.29 is 4.74 Å². The van der Waals surface area contributed by atoms with Crippen LogP contribution in [0.25, 0.3) is 0 Å². The third kappa shape index (κ3) is 3.79. The molecule has 1 aromatic heterocycles. The third-order valence-corrected chi connectivity index (χ3v) is 3.35. The Kier molecular flexibility index (Phi) is 5.12. The van der Waals surface area contributed by atoms with E-state index in [2.05, 4.69) is 52.7 Å². The van der Waals surface area contributed by atoms with Crippen LogP contribution in [-0.4, -0.2) is 9.97 Å². The minimum Gasteiger partial charge on any atom is -0.439 e. The summed E-state index contributed by atoms with van der Waals surface area (Å²) < 4.78 is 6.71. The molecule has 1 heterocycles. The van der Waals surface area contributed by atoms with Crippen LogP contribution in [0.5, 0.6) is 11.6 Å². The lowest BCUT2D eigenvalue weighted by molar-refractivity contribution is 0.449. The molecule has 0 bridgehead atoms. The van der Waals surface area contributed by atoms with Crippen molar-refractivity contribution in [2.75, 3.05) is 0 Å². The monoisotopic (exact) mass is 334 g/mol. The maximum Gasteiger partial charge on any atom is 0.223 e. The van der Waals surface area contributed by atoms with E-state index in [-0.39, 0.29) is 0 Å². The van der Waals surface area contributed by atoms with Gasteiger partial charge in [0.25, 0.3) is 0 Å². The van der Waals surface area contributed by atoms with Crippen molar-refractivity contribution in [1.29, 1.82) is 0 Å². The fourth-order valence-corrected chi connectivity index (χ4v) is 2.39. The Bertz CT molecular complexity index is 584. The molecule has 0 spiro atoms. The highest BCUT2D eigenvalue weighted by molar-refractivity contribution is 9.10. The molecular weight excluding hydrogens is 316 g/mol. The second-order valence-electron chi connectivity index (χ2n) is 4.99. The van der Waals surface area contributed by atoms with E-state index in [0.29, 0.717) is 11.8 Å². The second-order valence-corrected chi connectivity index (χ2v) is 5.80. The SMILES string of the molecule is CCCc1nc(Br)cc(Oc2ccccc2C(C)C)n1. The largest absolute Gasteiger partial charge is 0.439 e. The van der Waals surface area contributed by atoms with Crippen LogP contribution in [0.15, 0.2) is 34.9 Å². The van der Waals surface area contributed by atoms with Crippen LogP contribution in [-0.2, 0) is 6.42 Å². The Labute approximate surface area is 128 Å². The lowest BCUT2D eigenvalue weighted by Crippen LogP contribution is -1.99. The van der Waals surface area contributed by atoms with E-state index in [1.807, 2.05) is 18.2 Å². The van der Waals surface area contributed by atoms with E-state index < -0.39 is 0 Å². The molecule has 106 valence electrons. The van der Waals surface area contributed by atoms with Gasteiger partial charge in [0.05, 0.1) is 0 Å². The molecule has 0 aliphatic rings. The van der Waals surface area contributed by atoms with Crippen LogP contribution in [0.4, 0.5) is 0 Å². The summed E-state index contributed by atoms with van der Waals surface area (Å²) in [5.41, 5.74) is 1.18. The van der Waals surface area contributed by atoms with E-state index in [0.717, 1.165) is 29.0 Å². The molecule has 20 heavy (non-hydrogen) atoms. The average Bonchev–Trinajstić information content (AvgIpc) is 2.38. The number of nitrogens with zero attached hydrogens (tertiary/aromatic N) is 2. The summed E-state index contributed by atoms with van der Waals surface area (Å²) in [5, 5.41) is 0. The Morgan fingerprint density at radius 2 is 1.95 bits per heavy atom. The molecule has 0 aliphatic carbocycles. The highest BCUT2D eigenvalue weighted by Gasteiger charge is 2.10. The fraction of sp³-hybridized carbons (Fsp3) is 0.375.